The van der Waals surface area contributed by atoms with Crippen molar-refractivity contribution in [2.24, 2.45) is 5.41 Å². The Bertz CT molecular complexity index is 477. The Labute approximate surface area is 122 Å². The number of anilines is 1. The molecule has 0 unspecified atom stereocenters. The maximum Gasteiger partial charge on any atom is 0.0445 e. The van der Waals surface area contributed by atoms with Crippen LogP contribution in [0.3, 0.4) is 0 Å². The molecule has 0 spiro atoms. The van der Waals surface area contributed by atoms with Gasteiger partial charge in [0.05, 0.1) is 0 Å². The Hall–Kier alpha value is -1.09. The minimum Gasteiger partial charge on any atom is -0.371 e. The Morgan fingerprint density at radius 3 is 2.90 bits per heavy atom. The molecule has 0 aromatic carbocycles. The summed E-state index contributed by atoms with van der Waals surface area (Å²) < 4.78 is 0. The van der Waals surface area contributed by atoms with Crippen LogP contribution in [-0.2, 0) is 6.54 Å². The number of aryl methyl sites for hydroxylation is 1. The van der Waals surface area contributed by atoms with E-state index in [0.717, 1.165) is 24.8 Å². The van der Waals surface area contributed by atoms with Gasteiger partial charge in [0, 0.05) is 48.8 Å². The summed E-state index contributed by atoms with van der Waals surface area (Å²) in [6, 6.07) is 3.02. The van der Waals surface area contributed by atoms with Crippen LogP contribution < -0.4 is 10.2 Å². The van der Waals surface area contributed by atoms with Gasteiger partial charge in [-0.1, -0.05) is 13.8 Å². The summed E-state index contributed by atoms with van der Waals surface area (Å²) >= 11 is 0. The molecule has 0 atom stereocenters. The molecule has 1 aliphatic carbocycles. The Morgan fingerprint density at radius 2 is 2.20 bits per heavy atom. The quantitative estimate of drug-likeness (QED) is 0.912. The highest BCUT2D eigenvalue weighted by molar-refractivity contribution is 5.54. The smallest absolute Gasteiger partial charge is 0.0445 e. The van der Waals surface area contributed by atoms with Gasteiger partial charge in [-0.15, -0.1) is 0 Å². The summed E-state index contributed by atoms with van der Waals surface area (Å²) in [5, 5.41) is 3.63. The minimum absolute atomic E-state index is 0.427. The van der Waals surface area contributed by atoms with E-state index in [4.69, 9.17) is 0 Å². The van der Waals surface area contributed by atoms with Crippen molar-refractivity contribution in [2.75, 3.05) is 18.0 Å². The van der Waals surface area contributed by atoms with Crippen molar-refractivity contribution in [2.45, 2.75) is 59.0 Å². The van der Waals surface area contributed by atoms with Crippen LogP contribution in [0.4, 0.5) is 5.69 Å². The van der Waals surface area contributed by atoms with Gasteiger partial charge in [-0.3, -0.25) is 4.98 Å². The molecule has 3 heteroatoms. The van der Waals surface area contributed by atoms with E-state index in [9.17, 15) is 0 Å². The Morgan fingerprint density at radius 1 is 1.40 bits per heavy atom. The zero-order valence-electron chi connectivity index (χ0n) is 13.1. The average molecular weight is 273 g/mol. The van der Waals surface area contributed by atoms with E-state index in [1.165, 1.54) is 43.5 Å². The first-order valence-electron chi connectivity index (χ1n) is 7.97. The van der Waals surface area contributed by atoms with E-state index < -0.39 is 0 Å². The number of pyridine rings is 1. The Kier molecular flexibility index (Phi) is 3.72. The topological polar surface area (TPSA) is 28.2 Å². The van der Waals surface area contributed by atoms with Crippen LogP contribution in [0.2, 0.25) is 0 Å². The van der Waals surface area contributed by atoms with Gasteiger partial charge in [0.25, 0.3) is 0 Å². The van der Waals surface area contributed by atoms with Crippen LogP contribution in [0.5, 0.6) is 0 Å². The van der Waals surface area contributed by atoms with Gasteiger partial charge in [0.2, 0.25) is 0 Å². The molecule has 2 fully saturated rings. The van der Waals surface area contributed by atoms with Gasteiger partial charge >= 0.3 is 0 Å². The number of nitrogens with zero attached hydrogens (tertiary/aromatic N) is 2. The van der Waals surface area contributed by atoms with E-state index in [1.54, 1.807) is 0 Å². The van der Waals surface area contributed by atoms with Crippen LogP contribution in [0.25, 0.3) is 0 Å². The van der Waals surface area contributed by atoms with Crippen LogP contribution in [0, 0.1) is 12.3 Å². The summed E-state index contributed by atoms with van der Waals surface area (Å²) in [5.41, 5.74) is 4.31. The molecule has 0 radical (unpaired) electrons. The molecule has 20 heavy (non-hydrogen) atoms. The Balaban J connectivity index is 1.80. The third-order valence-corrected chi connectivity index (χ3v) is 4.50. The molecular formula is C17H27N3. The number of rotatable bonds is 4. The fourth-order valence-corrected chi connectivity index (χ4v) is 3.17. The summed E-state index contributed by atoms with van der Waals surface area (Å²) in [6.45, 7) is 10.2. The maximum atomic E-state index is 4.50. The third-order valence-electron chi connectivity index (χ3n) is 4.50. The van der Waals surface area contributed by atoms with Crippen LogP contribution in [0.1, 0.15) is 50.8 Å². The van der Waals surface area contributed by atoms with Gasteiger partial charge in [-0.25, -0.2) is 0 Å². The number of hydrogen-bond acceptors (Lipinski definition) is 3. The molecule has 0 amide bonds. The average Bonchev–Trinajstić information content (AvgIpc) is 3.20. The molecule has 1 aromatic heterocycles. The number of hydrogen-bond donors (Lipinski definition) is 1. The zero-order chi connectivity index (χ0) is 14.2. The van der Waals surface area contributed by atoms with Gasteiger partial charge in [-0.2, -0.15) is 0 Å². The van der Waals surface area contributed by atoms with E-state index in [-0.39, 0.29) is 0 Å². The monoisotopic (exact) mass is 273 g/mol. The normalized spacial score (nSPS) is 22.1. The minimum atomic E-state index is 0.427. The number of nitrogens with one attached hydrogen (secondary N) is 1. The molecule has 3 nitrogen and oxygen atoms in total. The van der Waals surface area contributed by atoms with Crippen molar-refractivity contribution in [3.05, 3.63) is 23.5 Å². The lowest BCUT2D eigenvalue weighted by molar-refractivity contribution is 0.292. The first-order chi connectivity index (χ1) is 9.53. The van der Waals surface area contributed by atoms with Crippen molar-refractivity contribution >= 4 is 5.69 Å². The lowest BCUT2D eigenvalue weighted by Gasteiger charge is -2.40. The highest BCUT2D eigenvalue weighted by Crippen LogP contribution is 2.33. The molecule has 1 saturated carbocycles. The fraction of sp³-hybridized carbons (Fsp3) is 0.706. The first-order valence-corrected chi connectivity index (χ1v) is 7.97. The first kappa shape index (κ1) is 13.9. The summed E-state index contributed by atoms with van der Waals surface area (Å²) in [7, 11) is 0. The number of aromatic nitrogens is 1. The van der Waals surface area contributed by atoms with Crippen molar-refractivity contribution in [3.63, 3.8) is 0 Å². The second-order valence-electron chi connectivity index (χ2n) is 7.30. The molecule has 1 aliphatic heterocycles. The highest BCUT2D eigenvalue weighted by atomic mass is 15.1. The molecule has 110 valence electrons. The predicted molar refractivity (Wildman–Crippen MR) is 84.1 cm³/mol. The molecule has 2 aliphatic rings. The van der Waals surface area contributed by atoms with Gasteiger partial charge in [-0.05, 0) is 44.1 Å². The standard InChI is InChI=1S/C17H27N3/c1-13-9-16(20-8-4-7-17(2,3)12-20)14(10-18-13)11-19-15-5-6-15/h9-10,15,19H,4-8,11-12H2,1-3H3. The largest absolute Gasteiger partial charge is 0.371 e. The molecule has 3 rings (SSSR count). The van der Waals surface area contributed by atoms with E-state index in [0.29, 0.717) is 5.41 Å². The second-order valence-corrected chi connectivity index (χ2v) is 7.30. The molecule has 1 saturated heterocycles. The molecule has 1 aromatic rings. The fourth-order valence-electron chi connectivity index (χ4n) is 3.17. The van der Waals surface area contributed by atoms with Gasteiger partial charge < -0.3 is 10.2 Å². The third kappa shape index (κ3) is 3.32. The SMILES string of the molecule is Cc1cc(N2CCCC(C)(C)C2)c(CNC2CC2)cn1. The van der Waals surface area contributed by atoms with Gasteiger partial charge in [0.1, 0.15) is 0 Å². The van der Waals surface area contributed by atoms with Crippen molar-refractivity contribution in [1.82, 2.24) is 10.3 Å². The zero-order valence-corrected chi connectivity index (χ0v) is 13.1. The molecule has 0 bridgehead atoms. The summed E-state index contributed by atoms with van der Waals surface area (Å²) in [4.78, 5) is 7.07. The lowest BCUT2D eigenvalue weighted by Crippen LogP contribution is -2.40. The second kappa shape index (κ2) is 5.36. The molecule has 1 N–H and O–H groups in total. The van der Waals surface area contributed by atoms with Crippen molar-refractivity contribution in [3.8, 4) is 0 Å². The summed E-state index contributed by atoms with van der Waals surface area (Å²) in [5.74, 6) is 0. The van der Waals surface area contributed by atoms with E-state index in [2.05, 4.69) is 48.2 Å². The highest BCUT2D eigenvalue weighted by Gasteiger charge is 2.28. The van der Waals surface area contributed by atoms with Crippen molar-refractivity contribution in [1.29, 1.82) is 0 Å². The van der Waals surface area contributed by atoms with E-state index >= 15 is 0 Å². The van der Waals surface area contributed by atoms with Crippen molar-refractivity contribution < 1.29 is 0 Å². The van der Waals surface area contributed by atoms with Crippen LogP contribution in [0.15, 0.2) is 12.3 Å². The molecule has 2 heterocycles. The number of piperidine rings is 1. The van der Waals surface area contributed by atoms with E-state index in [1.807, 2.05) is 0 Å². The van der Waals surface area contributed by atoms with Crippen LogP contribution in [-0.4, -0.2) is 24.1 Å². The predicted octanol–water partition coefficient (Wildman–Crippen LogP) is 3.27. The lowest BCUT2D eigenvalue weighted by atomic mass is 9.84. The van der Waals surface area contributed by atoms with Crippen LogP contribution >= 0.6 is 0 Å². The van der Waals surface area contributed by atoms with Gasteiger partial charge in [0.15, 0.2) is 0 Å². The summed E-state index contributed by atoms with van der Waals surface area (Å²) in [6.07, 6.45) is 7.38. The molecular weight excluding hydrogens is 246 g/mol. The maximum absolute atomic E-state index is 4.50.